The van der Waals surface area contributed by atoms with Crippen LogP contribution in [0.5, 0.6) is 0 Å². The molecule has 1 aromatic heterocycles. The van der Waals surface area contributed by atoms with Gasteiger partial charge in [0.2, 0.25) is 11.8 Å². The topological polar surface area (TPSA) is 82.0 Å². The van der Waals surface area contributed by atoms with Crippen LogP contribution in [0.15, 0.2) is 4.52 Å². The number of carbonyl (C=O) groups is 1. The summed E-state index contributed by atoms with van der Waals surface area (Å²) >= 11 is 0. The van der Waals surface area contributed by atoms with E-state index in [0.29, 0.717) is 11.7 Å². The number of aryl methyl sites for hydroxylation is 1. The number of rotatable bonds is 2. The van der Waals surface area contributed by atoms with Gasteiger partial charge in [0.05, 0.1) is 11.8 Å². The van der Waals surface area contributed by atoms with Crippen molar-refractivity contribution < 1.29 is 9.32 Å². The Morgan fingerprint density at radius 2 is 2.50 bits per heavy atom. The SMILES string of the molecule is Cc1noc([C@@H]2C[C@H]2C(N)=O)n1. The maximum absolute atomic E-state index is 10.7. The molecule has 1 heterocycles. The predicted octanol–water partition coefficient (Wildman–Crippen LogP) is -0.0332. The molecule has 12 heavy (non-hydrogen) atoms. The number of hydrogen-bond acceptors (Lipinski definition) is 4. The molecule has 2 atom stereocenters. The summed E-state index contributed by atoms with van der Waals surface area (Å²) in [5, 5.41) is 3.63. The predicted molar refractivity (Wildman–Crippen MR) is 39.1 cm³/mol. The van der Waals surface area contributed by atoms with Gasteiger partial charge in [0.15, 0.2) is 5.82 Å². The molecule has 1 aliphatic rings. The molecule has 64 valence electrons. The maximum Gasteiger partial charge on any atom is 0.230 e. The zero-order chi connectivity index (χ0) is 8.72. The van der Waals surface area contributed by atoms with Crippen molar-refractivity contribution in [3.8, 4) is 0 Å². The fourth-order valence-corrected chi connectivity index (χ4v) is 1.25. The molecule has 0 aromatic carbocycles. The van der Waals surface area contributed by atoms with Crippen molar-refractivity contribution in [3.63, 3.8) is 0 Å². The lowest BCUT2D eigenvalue weighted by Gasteiger charge is -1.86. The number of aromatic nitrogens is 2. The number of hydrogen-bond donors (Lipinski definition) is 1. The molecule has 1 fully saturated rings. The maximum atomic E-state index is 10.7. The zero-order valence-corrected chi connectivity index (χ0v) is 6.65. The van der Waals surface area contributed by atoms with E-state index < -0.39 is 0 Å². The van der Waals surface area contributed by atoms with Gasteiger partial charge < -0.3 is 10.3 Å². The second kappa shape index (κ2) is 2.30. The van der Waals surface area contributed by atoms with Crippen LogP contribution in [0.25, 0.3) is 0 Å². The monoisotopic (exact) mass is 167 g/mol. The highest BCUT2D eigenvalue weighted by Gasteiger charge is 2.46. The molecule has 0 radical (unpaired) electrons. The first-order valence-corrected chi connectivity index (χ1v) is 3.78. The molecular formula is C7H9N3O2. The van der Waals surface area contributed by atoms with Crippen molar-refractivity contribution in [2.45, 2.75) is 19.3 Å². The van der Waals surface area contributed by atoms with Crippen LogP contribution < -0.4 is 5.73 Å². The molecule has 1 aliphatic carbocycles. The average Bonchev–Trinajstić information content (AvgIpc) is 2.70. The molecule has 5 nitrogen and oxygen atoms in total. The largest absolute Gasteiger partial charge is 0.369 e. The molecule has 0 bridgehead atoms. The minimum Gasteiger partial charge on any atom is -0.369 e. The van der Waals surface area contributed by atoms with E-state index in [1.165, 1.54) is 0 Å². The molecule has 0 saturated heterocycles. The first kappa shape index (κ1) is 7.27. The first-order chi connectivity index (χ1) is 5.68. The Balaban J connectivity index is 2.10. The van der Waals surface area contributed by atoms with E-state index in [9.17, 15) is 4.79 Å². The number of nitrogens with zero attached hydrogens (tertiary/aromatic N) is 2. The fourth-order valence-electron chi connectivity index (χ4n) is 1.25. The molecule has 1 aromatic rings. The Bertz CT molecular complexity index is 320. The van der Waals surface area contributed by atoms with Gasteiger partial charge >= 0.3 is 0 Å². The number of nitrogens with two attached hydrogens (primary N) is 1. The average molecular weight is 167 g/mol. The van der Waals surface area contributed by atoms with Crippen LogP contribution in [0.3, 0.4) is 0 Å². The summed E-state index contributed by atoms with van der Waals surface area (Å²) in [5.41, 5.74) is 5.10. The minimum atomic E-state index is -0.282. The van der Waals surface area contributed by atoms with E-state index in [0.717, 1.165) is 6.42 Å². The molecule has 0 unspecified atom stereocenters. The van der Waals surface area contributed by atoms with Gasteiger partial charge in [0.25, 0.3) is 0 Å². The van der Waals surface area contributed by atoms with E-state index >= 15 is 0 Å². The van der Waals surface area contributed by atoms with Crippen molar-refractivity contribution in [2.75, 3.05) is 0 Å². The van der Waals surface area contributed by atoms with Gasteiger partial charge in [-0.2, -0.15) is 4.98 Å². The Morgan fingerprint density at radius 3 is 2.92 bits per heavy atom. The highest BCUT2D eigenvalue weighted by molar-refractivity contribution is 5.80. The van der Waals surface area contributed by atoms with Crippen LogP contribution in [0.1, 0.15) is 24.1 Å². The Labute approximate surface area is 68.9 Å². The van der Waals surface area contributed by atoms with Crippen LogP contribution >= 0.6 is 0 Å². The van der Waals surface area contributed by atoms with Gasteiger partial charge in [0.1, 0.15) is 0 Å². The lowest BCUT2D eigenvalue weighted by atomic mass is 10.3. The summed E-state index contributed by atoms with van der Waals surface area (Å²) in [4.78, 5) is 14.7. The molecular weight excluding hydrogens is 158 g/mol. The summed E-state index contributed by atoms with van der Waals surface area (Å²) in [6.07, 6.45) is 0.747. The van der Waals surface area contributed by atoms with Gasteiger partial charge in [0, 0.05) is 0 Å². The second-order valence-corrected chi connectivity index (χ2v) is 3.03. The minimum absolute atomic E-state index is 0.0729. The number of carbonyl (C=O) groups excluding carboxylic acids is 1. The second-order valence-electron chi connectivity index (χ2n) is 3.03. The Hall–Kier alpha value is -1.39. The molecule has 0 aliphatic heterocycles. The van der Waals surface area contributed by atoms with Gasteiger partial charge in [-0.25, -0.2) is 0 Å². The molecule has 5 heteroatoms. The Morgan fingerprint density at radius 1 is 1.75 bits per heavy atom. The molecule has 1 saturated carbocycles. The quantitative estimate of drug-likeness (QED) is 0.670. The highest BCUT2D eigenvalue weighted by atomic mass is 16.5. The van der Waals surface area contributed by atoms with Crippen LogP contribution in [0, 0.1) is 12.8 Å². The molecule has 0 spiro atoms. The van der Waals surface area contributed by atoms with Crippen LogP contribution in [0.4, 0.5) is 0 Å². The summed E-state index contributed by atoms with van der Waals surface area (Å²) in [5.74, 6) is 0.834. The summed E-state index contributed by atoms with van der Waals surface area (Å²) in [6.45, 7) is 1.74. The lowest BCUT2D eigenvalue weighted by Crippen LogP contribution is -2.13. The first-order valence-electron chi connectivity index (χ1n) is 3.78. The summed E-state index contributed by atoms with van der Waals surface area (Å²) < 4.78 is 4.90. The van der Waals surface area contributed by atoms with Crippen molar-refractivity contribution in [1.82, 2.24) is 10.1 Å². The highest BCUT2D eigenvalue weighted by Crippen LogP contribution is 2.46. The third kappa shape index (κ3) is 1.07. The van der Waals surface area contributed by atoms with Crippen LogP contribution in [-0.2, 0) is 4.79 Å². The van der Waals surface area contributed by atoms with Crippen molar-refractivity contribution in [3.05, 3.63) is 11.7 Å². The third-order valence-electron chi connectivity index (χ3n) is 2.02. The normalized spacial score (nSPS) is 27.1. The fraction of sp³-hybridized carbons (Fsp3) is 0.571. The van der Waals surface area contributed by atoms with Gasteiger partial charge in [-0.05, 0) is 13.3 Å². The van der Waals surface area contributed by atoms with E-state index in [4.69, 9.17) is 10.3 Å². The third-order valence-corrected chi connectivity index (χ3v) is 2.02. The molecule has 2 rings (SSSR count). The smallest absolute Gasteiger partial charge is 0.230 e. The van der Waals surface area contributed by atoms with Crippen molar-refractivity contribution in [2.24, 2.45) is 11.7 Å². The van der Waals surface area contributed by atoms with Crippen molar-refractivity contribution >= 4 is 5.91 Å². The van der Waals surface area contributed by atoms with E-state index in [1.54, 1.807) is 6.92 Å². The van der Waals surface area contributed by atoms with Gasteiger partial charge in [-0.15, -0.1) is 0 Å². The summed E-state index contributed by atoms with van der Waals surface area (Å²) in [6, 6.07) is 0. The Kier molecular flexibility index (Phi) is 1.39. The van der Waals surface area contributed by atoms with E-state index in [-0.39, 0.29) is 17.7 Å². The molecule has 1 amide bonds. The molecule has 2 N–H and O–H groups in total. The van der Waals surface area contributed by atoms with Crippen LogP contribution in [-0.4, -0.2) is 16.0 Å². The van der Waals surface area contributed by atoms with E-state index in [2.05, 4.69) is 10.1 Å². The van der Waals surface area contributed by atoms with Gasteiger partial charge in [-0.1, -0.05) is 5.16 Å². The number of amides is 1. The standard InChI is InChI=1S/C7H9N3O2/c1-3-9-7(12-10-3)5-2-4(5)6(8)11/h4-5H,2H2,1H3,(H2,8,11)/t4-,5-/m1/s1. The van der Waals surface area contributed by atoms with Crippen molar-refractivity contribution in [1.29, 1.82) is 0 Å². The van der Waals surface area contributed by atoms with Crippen LogP contribution in [0.2, 0.25) is 0 Å². The lowest BCUT2D eigenvalue weighted by molar-refractivity contribution is -0.119. The zero-order valence-electron chi connectivity index (χ0n) is 6.65. The van der Waals surface area contributed by atoms with E-state index in [1.807, 2.05) is 0 Å². The van der Waals surface area contributed by atoms with Gasteiger partial charge in [-0.3, -0.25) is 4.79 Å². The summed E-state index contributed by atoms with van der Waals surface area (Å²) in [7, 11) is 0. The number of primary amides is 1.